The lowest BCUT2D eigenvalue weighted by Gasteiger charge is -2.12. The first-order chi connectivity index (χ1) is 9.24. The number of allylic oxidation sites excluding steroid dienone is 2. The molecule has 19 heavy (non-hydrogen) atoms. The van der Waals surface area contributed by atoms with Gasteiger partial charge in [0.2, 0.25) is 0 Å². The van der Waals surface area contributed by atoms with E-state index in [9.17, 15) is 0 Å². The van der Waals surface area contributed by atoms with Gasteiger partial charge in [0.05, 0.1) is 0 Å². The Kier molecular flexibility index (Phi) is 3.20. The summed E-state index contributed by atoms with van der Waals surface area (Å²) in [4.78, 5) is 4.46. The molecule has 0 bridgehead atoms. The van der Waals surface area contributed by atoms with Crippen molar-refractivity contribution in [1.82, 2.24) is 14.8 Å². The van der Waals surface area contributed by atoms with Gasteiger partial charge in [-0.25, -0.2) is 4.98 Å². The summed E-state index contributed by atoms with van der Waals surface area (Å²) < 4.78 is 1.81. The third kappa shape index (κ3) is 2.46. The second-order valence-electron chi connectivity index (χ2n) is 5.16. The lowest BCUT2D eigenvalue weighted by Crippen LogP contribution is -1.93. The molecular weight excluding hydrogens is 234 g/mol. The summed E-state index contributed by atoms with van der Waals surface area (Å²) in [6.07, 6.45) is 7.45. The standard InChI is InChI=1S/C16H19N3/c1-12-17-16(18-19(12)2)15-10-8-14(9-11-15)13-6-4-3-5-7-13/h6,8-11H,3-5,7H2,1-2H3. The smallest absolute Gasteiger partial charge is 0.181 e. The molecule has 0 fully saturated rings. The molecule has 0 aliphatic heterocycles. The molecule has 3 nitrogen and oxygen atoms in total. The molecular formula is C16H19N3. The van der Waals surface area contributed by atoms with Gasteiger partial charge in [0, 0.05) is 12.6 Å². The first-order valence-electron chi connectivity index (χ1n) is 6.91. The molecule has 0 saturated carbocycles. The average Bonchev–Trinajstić information content (AvgIpc) is 2.80. The van der Waals surface area contributed by atoms with Crippen LogP contribution in [0.5, 0.6) is 0 Å². The van der Waals surface area contributed by atoms with Crippen molar-refractivity contribution in [2.24, 2.45) is 7.05 Å². The zero-order valence-corrected chi connectivity index (χ0v) is 11.6. The molecule has 0 unspecified atom stereocenters. The fraction of sp³-hybridized carbons (Fsp3) is 0.375. The normalized spacial score (nSPS) is 15.4. The molecule has 1 aliphatic carbocycles. The van der Waals surface area contributed by atoms with Crippen molar-refractivity contribution in [1.29, 1.82) is 0 Å². The number of benzene rings is 1. The fourth-order valence-corrected chi connectivity index (χ4v) is 2.52. The zero-order chi connectivity index (χ0) is 13.2. The predicted molar refractivity (Wildman–Crippen MR) is 77.6 cm³/mol. The minimum atomic E-state index is 0.809. The average molecular weight is 253 g/mol. The van der Waals surface area contributed by atoms with E-state index in [2.05, 4.69) is 40.4 Å². The Bertz CT molecular complexity index is 586. The van der Waals surface area contributed by atoms with Crippen molar-refractivity contribution >= 4 is 5.57 Å². The molecule has 0 atom stereocenters. The largest absolute Gasteiger partial charge is 0.253 e. The molecule has 98 valence electrons. The first-order valence-corrected chi connectivity index (χ1v) is 6.91. The van der Waals surface area contributed by atoms with Crippen molar-refractivity contribution in [2.75, 3.05) is 0 Å². The molecule has 3 rings (SSSR count). The van der Waals surface area contributed by atoms with E-state index in [1.165, 1.54) is 36.8 Å². The van der Waals surface area contributed by atoms with Crippen LogP contribution in [0.4, 0.5) is 0 Å². The third-order valence-corrected chi connectivity index (χ3v) is 3.79. The zero-order valence-electron chi connectivity index (χ0n) is 11.6. The van der Waals surface area contributed by atoms with Crippen LogP contribution in [0.2, 0.25) is 0 Å². The van der Waals surface area contributed by atoms with Crippen LogP contribution >= 0.6 is 0 Å². The van der Waals surface area contributed by atoms with Gasteiger partial charge < -0.3 is 0 Å². The van der Waals surface area contributed by atoms with Gasteiger partial charge in [-0.05, 0) is 43.7 Å². The van der Waals surface area contributed by atoms with E-state index in [4.69, 9.17) is 0 Å². The topological polar surface area (TPSA) is 30.7 Å². The van der Waals surface area contributed by atoms with Crippen LogP contribution in [0.25, 0.3) is 17.0 Å². The molecule has 1 aromatic heterocycles. The molecule has 2 aromatic rings. The van der Waals surface area contributed by atoms with Crippen LogP contribution in [-0.4, -0.2) is 14.8 Å². The predicted octanol–water partition coefficient (Wildman–Crippen LogP) is 3.75. The fourth-order valence-electron chi connectivity index (χ4n) is 2.52. The van der Waals surface area contributed by atoms with Crippen molar-refractivity contribution in [3.05, 3.63) is 41.7 Å². The van der Waals surface area contributed by atoms with Gasteiger partial charge in [-0.1, -0.05) is 30.3 Å². The highest BCUT2D eigenvalue weighted by atomic mass is 15.3. The van der Waals surface area contributed by atoms with Crippen LogP contribution in [0, 0.1) is 6.92 Å². The van der Waals surface area contributed by atoms with Crippen molar-refractivity contribution in [2.45, 2.75) is 32.6 Å². The molecule has 0 saturated heterocycles. The monoisotopic (exact) mass is 253 g/mol. The van der Waals surface area contributed by atoms with E-state index in [-0.39, 0.29) is 0 Å². The maximum Gasteiger partial charge on any atom is 0.181 e. The second kappa shape index (κ2) is 5.00. The van der Waals surface area contributed by atoms with Gasteiger partial charge >= 0.3 is 0 Å². The summed E-state index contributed by atoms with van der Waals surface area (Å²) in [5, 5.41) is 4.41. The van der Waals surface area contributed by atoms with E-state index >= 15 is 0 Å². The number of aryl methyl sites for hydroxylation is 2. The highest BCUT2D eigenvalue weighted by molar-refractivity contribution is 5.68. The van der Waals surface area contributed by atoms with Crippen LogP contribution < -0.4 is 0 Å². The number of aromatic nitrogens is 3. The van der Waals surface area contributed by atoms with Crippen LogP contribution in [-0.2, 0) is 7.05 Å². The minimum absolute atomic E-state index is 0.809. The number of hydrogen-bond donors (Lipinski definition) is 0. The molecule has 1 aromatic carbocycles. The Morgan fingerprint density at radius 3 is 2.37 bits per heavy atom. The summed E-state index contributed by atoms with van der Waals surface area (Å²) in [6, 6.07) is 8.63. The van der Waals surface area contributed by atoms with Crippen LogP contribution in [0.1, 0.15) is 37.1 Å². The van der Waals surface area contributed by atoms with Crippen LogP contribution in [0.15, 0.2) is 30.3 Å². The lowest BCUT2D eigenvalue weighted by atomic mass is 9.93. The molecule has 0 spiro atoms. The highest BCUT2D eigenvalue weighted by Crippen LogP contribution is 2.28. The Morgan fingerprint density at radius 2 is 1.79 bits per heavy atom. The molecule has 1 heterocycles. The maximum absolute atomic E-state index is 4.46. The second-order valence-corrected chi connectivity index (χ2v) is 5.16. The van der Waals surface area contributed by atoms with E-state index in [0.717, 1.165) is 17.2 Å². The van der Waals surface area contributed by atoms with Gasteiger partial charge in [-0.3, -0.25) is 4.68 Å². The summed E-state index contributed by atoms with van der Waals surface area (Å²) in [6.45, 7) is 1.97. The van der Waals surface area contributed by atoms with E-state index in [1.807, 2.05) is 18.7 Å². The van der Waals surface area contributed by atoms with Gasteiger partial charge in [0.25, 0.3) is 0 Å². The highest BCUT2D eigenvalue weighted by Gasteiger charge is 2.09. The van der Waals surface area contributed by atoms with Gasteiger partial charge in [0.1, 0.15) is 5.82 Å². The molecule has 0 radical (unpaired) electrons. The van der Waals surface area contributed by atoms with Crippen molar-refractivity contribution in [3.8, 4) is 11.4 Å². The van der Waals surface area contributed by atoms with Crippen LogP contribution in [0.3, 0.4) is 0 Å². The van der Waals surface area contributed by atoms with E-state index in [0.29, 0.717) is 0 Å². The van der Waals surface area contributed by atoms with E-state index < -0.39 is 0 Å². The summed E-state index contributed by atoms with van der Waals surface area (Å²) >= 11 is 0. The molecule has 3 heteroatoms. The molecule has 0 amide bonds. The minimum Gasteiger partial charge on any atom is -0.253 e. The molecule has 1 aliphatic rings. The molecule has 0 N–H and O–H groups in total. The SMILES string of the molecule is Cc1nc(-c2ccc(C3=CCCCC3)cc2)nn1C. The Balaban J connectivity index is 1.88. The maximum atomic E-state index is 4.46. The summed E-state index contributed by atoms with van der Waals surface area (Å²) in [7, 11) is 1.92. The van der Waals surface area contributed by atoms with Gasteiger partial charge in [-0.15, -0.1) is 0 Å². The Labute approximate surface area is 114 Å². The number of hydrogen-bond acceptors (Lipinski definition) is 2. The van der Waals surface area contributed by atoms with Crippen molar-refractivity contribution < 1.29 is 0 Å². The third-order valence-electron chi connectivity index (χ3n) is 3.79. The van der Waals surface area contributed by atoms with E-state index in [1.54, 1.807) is 0 Å². The summed E-state index contributed by atoms with van der Waals surface area (Å²) in [5.41, 5.74) is 3.92. The Hall–Kier alpha value is -1.90. The number of rotatable bonds is 2. The Morgan fingerprint density at radius 1 is 1.05 bits per heavy atom. The van der Waals surface area contributed by atoms with Gasteiger partial charge in [0.15, 0.2) is 5.82 Å². The summed E-state index contributed by atoms with van der Waals surface area (Å²) in [5.74, 6) is 1.75. The van der Waals surface area contributed by atoms with Gasteiger partial charge in [-0.2, -0.15) is 5.10 Å². The number of nitrogens with zero attached hydrogens (tertiary/aromatic N) is 3. The quantitative estimate of drug-likeness (QED) is 0.816. The lowest BCUT2D eigenvalue weighted by molar-refractivity contribution is 0.736. The van der Waals surface area contributed by atoms with Crippen molar-refractivity contribution in [3.63, 3.8) is 0 Å². The first kappa shape index (κ1) is 12.2.